The number of hydrogen-bond acceptors (Lipinski definition) is 5. The smallest absolute Gasteiger partial charge is 0.291 e. The van der Waals surface area contributed by atoms with Crippen LogP contribution in [0.3, 0.4) is 0 Å². The lowest BCUT2D eigenvalue weighted by atomic mass is 10.2. The number of carbonyl (C=O) groups is 1. The van der Waals surface area contributed by atoms with Gasteiger partial charge in [-0.2, -0.15) is 0 Å². The SMILES string of the molecule is CCCCOc1ccc(OC)cc1NC(=O)c1cc2cccc(OC)c2o1. The Morgan fingerprint density at radius 1 is 1.07 bits per heavy atom. The average Bonchev–Trinajstić information content (AvgIpc) is 3.13. The van der Waals surface area contributed by atoms with Crippen molar-refractivity contribution in [1.29, 1.82) is 0 Å². The molecule has 2 aromatic carbocycles. The summed E-state index contributed by atoms with van der Waals surface area (Å²) in [5.41, 5.74) is 1.07. The fraction of sp³-hybridized carbons (Fsp3) is 0.286. The van der Waals surface area contributed by atoms with Crippen LogP contribution in [0.15, 0.2) is 46.9 Å². The minimum atomic E-state index is -0.373. The van der Waals surface area contributed by atoms with Gasteiger partial charge in [0.15, 0.2) is 17.1 Å². The number of para-hydroxylation sites is 1. The van der Waals surface area contributed by atoms with Crippen LogP contribution >= 0.6 is 0 Å². The second kappa shape index (κ2) is 8.49. The van der Waals surface area contributed by atoms with Gasteiger partial charge in [0, 0.05) is 11.5 Å². The minimum absolute atomic E-state index is 0.192. The Morgan fingerprint density at radius 3 is 2.67 bits per heavy atom. The molecule has 3 aromatic rings. The van der Waals surface area contributed by atoms with Crippen LogP contribution in [0, 0.1) is 0 Å². The van der Waals surface area contributed by atoms with E-state index in [-0.39, 0.29) is 11.7 Å². The van der Waals surface area contributed by atoms with Crippen molar-refractivity contribution in [3.8, 4) is 17.2 Å². The first-order valence-corrected chi connectivity index (χ1v) is 8.85. The molecule has 0 spiro atoms. The molecule has 3 rings (SSSR count). The molecule has 0 bridgehead atoms. The van der Waals surface area contributed by atoms with Gasteiger partial charge in [0.25, 0.3) is 5.91 Å². The highest BCUT2D eigenvalue weighted by Crippen LogP contribution is 2.32. The molecule has 6 heteroatoms. The summed E-state index contributed by atoms with van der Waals surface area (Å²) in [6, 6.07) is 12.5. The summed E-state index contributed by atoms with van der Waals surface area (Å²) in [6.07, 6.45) is 1.96. The van der Waals surface area contributed by atoms with Crippen LogP contribution in [-0.4, -0.2) is 26.7 Å². The number of carbonyl (C=O) groups excluding carboxylic acids is 1. The molecule has 1 N–H and O–H groups in total. The summed E-state index contributed by atoms with van der Waals surface area (Å²) >= 11 is 0. The summed E-state index contributed by atoms with van der Waals surface area (Å²) in [5.74, 6) is 1.61. The van der Waals surface area contributed by atoms with E-state index in [2.05, 4.69) is 12.2 Å². The highest BCUT2D eigenvalue weighted by Gasteiger charge is 2.17. The maximum atomic E-state index is 12.7. The fourth-order valence-corrected chi connectivity index (χ4v) is 2.68. The molecule has 0 aliphatic heterocycles. The van der Waals surface area contributed by atoms with Crippen molar-refractivity contribution in [2.24, 2.45) is 0 Å². The summed E-state index contributed by atoms with van der Waals surface area (Å²) < 4.78 is 22.0. The van der Waals surface area contributed by atoms with Crippen molar-refractivity contribution in [3.63, 3.8) is 0 Å². The van der Waals surface area contributed by atoms with Crippen molar-refractivity contribution in [2.45, 2.75) is 19.8 Å². The van der Waals surface area contributed by atoms with E-state index in [9.17, 15) is 4.79 Å². The van der Waals surface area contributed by atoms with Crippen LogP contribution < -0.4 is 19.5 Å². The zero-order valence-electron chi connectivity index (χ0n) is 15.7. The monoisotopic (exact) mass is 369 g/mol. The van der Waals surface area contributed by atoms with Gasteiger partial charge in [0.1, 0.15) is 11.5 Å². The lowest BCUT2D eigenvalue weighted by molar-refractivity contribution is 0.0998. The lowest BCUT2D eigenvalue weighted by Gasteiger charge is -2.13. The Kier molecular flexibility index (Phi) is 5.86. The topological polar surface area (TPSA) is 69.9 Å². The van der Waals surface area contributed by atoms with E-state index in [0.717, 1.165) is 18.2 Å². The van der Waals surface area contributed by atoms with Crippen molar-refractivity contribution < 1.29 is 23.4 Å². The zero-order chi connectivity index (χ0) is 19.2. The van der Waals surface area contributed by atoms with Crippen molar-refractivity contribution in [1.82, 2.24) is 0 Å². The van der Waals surface area contributed by atoms with Gasteiger partial charge < -0.3 is 23.9 Å². The Bertz CT molecular complexity index is 931. The fourth-order valence-electron chi connectivity index (χ4n) is 2.68. The maximum absolute atomic E-state index is 12.7. The van der Waals surface area contributed by atoms with Gasteiger partial charge in [0.05, 0.1) is 26.5 Å². The molecule has 1 amide bonds. The first-order chi connectivity index (χ1) is 13.2. The first kappa shape index (κ1) is 18.6. The first-order valence-electron chi connectivity index (χ1n) is 8.85. The number of benzene rings is 2. The van der Waals surface area contributed by atoms with E-state index in [1.807, 2.05) is 12.1 Å². The molecule has 6 nitrogen and oxygen atoms in total. The van der Waals surface area contributed by atoms with Gasteiger partial charge in [-0.25, -0.2) is 0 Å². The van der Waals surface area contributed by atoms with Crippen molar-refractivity contribution >= 4 is 22.6 Å². The van der Waals surface area contributed by atoms with Gasteiger partial charge >= 0.3 is 0 Å². The van der Waals surface area contributed by atoms with Gasteiger partial charge in [0.2, 0.25) is 0 Å². The second-order valence-electron chi connectivity index (χ2n) is 6.01. The Labute approximate surface area is 158 Å². The molecule has 0 aliphatic rings. The highest BCUT2D eigenvalue weighted by atomic mass is 16.5. The largest absolute Gasteiger partial charge is 0.497 e. The molecule has 0 saturated heterocycles. The molecule has 1 heterocycles. The molecule has 0 unspecified atom stereocenters. The molecule has 27 heavy (non-hydrogen) atoms. The Hall–Kier alpha value is -3.15. The second-order valence-corrected chi connectivity index (χ2v) is 6.01. The molecule has 142 valence electrons. The van der Waals surface area contributed by atoms with E-state index >= 15 is 0 Å². The number of anilines is 1. The molecular formula is C21H23NO5. The highest BCUT2D eigenvalue weighted by molar-refractivity contribution is 6.05. The molecule has 0 saturated carbocycles. The molecule has 0 radical (unpaired) electrons. The molecule has 1 aromatic heterocycles. The number of unbranched alkanes of at least 4 members (excludes halogenated alkanes) is 1. The minimum Gasteiger partial charge on any atom is -0.497 e. The number of hydrogen-bond donors (Lipinski definition) is 1. The van der Waals surface area contributed by atoms with Gasteiger partial charge in [-0.1, -0.05) is 25.5 Å². The van der Waals surface area contributed by atoms with Gasteiger partial charge in [-0.3, -0.25) is 4.79 Å². The van der Waals surface area contributed by atoms with Crippen LogP contribution in [-0.2, 0) is 0 Å². The van der Waals surface area contributed by atoms with Crippen LogP contribution in [0.2, 0.25) is 0 Å². The van der Waals surface area contributed by atoms with E-state index in [1.54, 1.807) is 44.6 Å². The van der Waals surface area contributed by atoms with Crippen molar-refractivity contribution in [3.05, 3.63) is 48.2 Å². The number of methoxy groups -OCH3 is 2. The van der Waals surface area contributed by atoms with Crippen LogP contribution in [0.25, 0.3) is 11.0 Å². The third kappa shape index (κ3) is 4.16. The summed E-state index contributed by atoms with van der Waals surface area (Å²) in [4.78, 5) is 12.7. The quantitative estimate of drug-likeness (QED) is 0.573. The van der Waals surface area contributed by atoms with Gasteiger partial charge in [-0.15, -0.1) is 0 Å². The number of rotatable bonds is 8. The molecule has 0 aliphatic carbocycles. The number of fused-ring (bicyclic) bond motifs is 1. The normalized spacial score (nSPS) is 10.6. The van der Waals surface area contributed by atoms with Gasteiger partial charge in [-0.05, 0) is 30.7 Å². The number of furan rings is 1. The van der Waals surface area contributed by atoms with Crippen LogP contribution in [0.4, 0.5) is 5.69 Å². The third-order valence-corrected chi connectivity index (χ3v) is 4.14. The van der Waals surface area contributed by atoms with E-state index in [0.29, 0.717) is 35.1 Å². The average molecular weight is 369 g/mol. The number of nitrogens with one attached hydrogen (secondary N) is 1. The van der Waals surface area contributed by atoms with Crippen molar-refractivity contribution in [2.75, 3.05) is 26.1 Å². The molecular weight excluding hydrogens is 346 g/mol. The predicted molar refractivity (Wildman–Crippen MR) is 104 cm³/mol. The number of ether oxygens (including phenoxy) is 3. The van der Waals surface area contributed by atoms with E-state index in [4.69, 9.17) is 18.6 Å². The van der Waals surface area contributed by atoms with Crippen LogP contribution in [0.5, 0.6) is 17.2 Å². The van der Waals surface area contributed by atoms with E-state index in [1.165, 1.54) is 0 Å². The van der Waals surface area contributed by atoms with Crippen LogP contribution in [0.1, 0.15) is 30.3 Å². The molecule has 0 atom stereocenters. The maximum Gasteiger partial charge on any atom is 0.291 e. The predicted octanol–water partition coefficient (Wildman–Crippen LogP) is 4.88. The lowest BCUT2D eigenvalue weighted by Crippen LogP contribution is -2.12. The number of amides is 1. The Balaban J connectivity index is 1.86. The molecule has 0 fully saturated rings. The van der Waals surface area contributed by atoms with E-state index < -0.39 is 0 Å². The third-order valence-electron chi connectivity index (χ3n) is 4.14. The summed E-state index contributed by atoms with van der Waals surface area (Å²) in [5, 5.41) is 3.64. The Morgan fingerprint density at radius 2 is 1.93 bits per heavy atom. The zero-order valence-corrected chi connectivity index (χ0v) is 15.7. The summed E-state index contributed by atoms with van der Waals surface area (Å²) in [7, 11) is 3.14. The standard InChI is InChI=1S/C21H23NO5/c1-4-5-11-26-17-10-9-15(24-2)13-16(17)22-21(23)19-12-14-7-6-8-18(25-3)20(14)27-19/h6-10,12-13H,4-5,11H2,1-3H3,(H,22,23). The summed E-state index contributed by atoms with van der Waals surface area (Å²) in [6.45, 7) is 2.67.